The summed E-state index contributed by atoms with van der Waals surface area (Å²) in [5, 5.41) is 3.57. The van der Waals surface area contributed by atoms with Crippen LogP contribution < -0.4 is 9.62 Å². The lowest BCUT2D eigenvalue weighted by atomic mass is 10.0. The molecule has 9 heteroatoms. The van der Waals surface area contributed by atoms with Gasteiger partial charge >= 0.3 is 0 Å². The average Bonchev–Trinajstić information content (AvgIpc) is 2.99. The van der Waals surface area contributed by atoms with Gasteiger partial charge < -0.3 is 10.2 Å². The van der Waals surface area contributed by atoms with E-state index in [4.69, 9.17) is 11.6 Å². The van der Waals surface area contributed by atoms with Crippen molar-refractivity contribution in [3.8, 4) is 0 Å². The van der Waals surface area contributed by atoms with Gasteiger partial charge in [0.05, 0.1) is 10.6 Å². The SMILES string of the molecule is Cc1ccc(N(CC(=O)N(Cc2ccc(Cl)cc2)[C@H](Cc2ccccc2)C(=O)NC(C)(C)C)S(=O)(=O)c2ccccc2)cc1. The molecule has 0 aliphatic heterocycles. The van der Waals surface area contributed by atoms with E-state index in [1.807, 2.05) is 58.0 Å². The van der Waals surface area contributed by atoms with Crippen LogP contribution in [-0.4, -0.2) is 43.3 Å². The van der Waals surface area contributed by atoms with E-state index < -0.39 is 34.1 Å². The zero-order valence-electron chi connectivity index (χ0n) is 25.4. The van der Waals surface area contributed by atoms with Gasteiger partial charge in [-0.3, -0.25) is 13.9 Å². The minimum absolute atomic E-state index is 0.0592. The van der Waals surface area contributed by atoms with Gasteiger partial charge in [-0.05, 0) is 75.2 Å². The molecule has 0 aliphatic carbocycles. The normalized spacial score (nSPS) is 12.3. The summed E-state index contributed by atoms with van der Waals surface area (Å²) in [6, 6.07) is 30.5. The number of nitrogens with zero attached hydrogens (tertiary/aromatic N) is 2. The minimum Gasteiger partial charge on any atom is -0.350 e. The van der Waals surface area contributed by atoms with E-state index in [0.29, 0.717) is 10.7 Å². The molecule has 0 unspecified atom stereocenters. The zero-order valence-corrected chi connectivity index (χ0v) is 27.0. The molecular weight excluding hydrogens is 594 g/mol. The lowest BCUT2D eigenvalue weighted by Crippen LogP contribution is -2.56. The molecule has 4 aromatic rings. The van der Waals surface area contributed by atoms with Gasteiger partial charge in [-0.15, -0.1) is 0 Å². The molecule has 2 amide bonds. The van der Waals surface area contributed by atoms with E-state index in [0.717, 1.165) is 21.0 Å². The Balaban J connectivity index is 1.80. The van der Waals surface area contributed by atoms with Crippen molar-refractivity contribution in [2.24, 2.45) is 0 Å². The third-order valence-corrected chi connectivity index (χ3v) is 9.01. The molecule has 0 radical (unpaired) electrons. The Morgan fingerprint density at radius 1 is 0.795 bits per heavy atom. The Labute approximate surface area is 265 Å². The molecule has 0 saturated heterocycles. The van der Waals surface area contributed by atoms with Crippen molar-refractivity contribution in [1.29, 1.82) is 0 Å². The van der Waals surface area contributed by atoms with Gasteiger partial charge in [0.25, 0.3) is 10.0 Å². The van der Waals surface area contributed by atoms with Crippen LogP contribution in [0.15, 0.2) is 114 Å². The summed E-state index contributed by atoms with van der Waals surface area (Å²) in [6.07, 6.45) is 0.234. The summed E-state index contributed by atoms with van der Waals surface area (Å²) in [5.41, 5.74) is 2.34. The summed E-state index contributed by atoms with van der Waals surface area (Å²) in [6.45, 7) is 7.09. The maximum Gasteiger partial charge on any atom is 0.264 e. The second kappa shape index (κ2) is 14.1. The summed E-state index contributed by atoms with van der Waals surface area (Å²) < 4.78 is 29.1. The van der Waals surface area contributed by atoms with Crippen LogP contribution in [0.3, 0.4) is 0 Å². The smallest absolute Gasteiger partial charge is 0.264 e. The van der Waals surface area contributed by atoms with E-state index in [1.165, 1.54) is 17.0 Å². The van der Waals surface area contributed by atoms with Crippen molar-refractivity contribution in [2.75, 3.05) is 10.8 Å². The first-order valence-electron chi connectivity index (χ1n) is 14.4. The average molecular weight is 632 g/mol. The van der Waals surface area contributed by atoms with Crippen molar-refractivity contribution in [2.45, 2.75) is 57.1 Å². The zero-order chi connectivity index (χ0) is 31.9. The molecule has 0 aromatic heterocycles. The van der Waals surface area contributed by atoms with Crippen LogP contribution in [0.4, 0.5) is 5.69 Å². The van der Waals surface area contributed by atoms with E-state index >= 15 is 0 Å². The van der Waals surface area contributed by atoms with Crippen molar-refractivity contribution in [3.05, 3.63) is 131 Å². The summed E-state index contributed by atoms with van der Waals surface area (Å²) in [7, 11) is -4.14. The molecule has 0 aliphatic rings. The fraction of sp³-hybridized carbons (Fsp3) is 0.257. The number of sulfonamides is 1. The predicted molar refractivity (Wildman–Crippen MR) is 176 cm³/mol. The maximum absolute atomic E-state index is 14.5. The summed E-state index contributed by atoms with van der Waals surface area (Å²) in [5.74, 6) is -0.860. The van der Waals surface area contributed by atoms with Crippen molar-refractivity contribution in [1.82, 2.24) is 10.2 Å². The first-order valence-corrected chi connectivity index (χ1v) is 16.2. The highest BCUT2D eigenvalue weighted by atomic mass is 35.5. The quantitative estimate of drug-likeness (QED) is 0.208. The number of carbonyl (C=O) groups excluding carboxylic acids is 2. The monoisotopic (exact) mass is 631 g/mol. The summed E-state index contributed by atoms with van der Waals surface area (Å²) in [4.78, 5) is 29.9. The van der Waals surface area contributed by atoms with E-state index in [1.54, 1.807) is 66.7 Å². The maximum atomic E-state index is 14.5. The first kappa shape index (κ1) is 32.8. The molecule has 0 heterocycles. The molecule has 0 spiro atoms. The van der Waals surface area contributed by atoms with E-state index in [2.05, 4.69) is 5.32 Å². The molecule has 44 heavy (non-hydrogen) atoms. The number of carbonyl (C=O) groups is 2. The highest BCUT2D eigenvalue weighted by Gasteiger charge is 2.35. The minimum atomic E-state index is -4.14. The third kappa shape index (κ3) is 8.71. The Kier molecular flexibility index (Phi) is 10.5. The number of benzene rings is 4. The Morgan fingerprint density at radius 2 is 1.36 bits per heavy atom. The van der Waals surface area contributed by atoms with Crippen molar-refractivity contribution < 1.29 is 18.0 Å². The number of anilines is 1. The number of rotatable bonds is 11. The van der Waals surface area contributed by atoms with Crippen LogP contribution in [0.1, 0.15) is 37.5 Å². The van der Waals surface area contributed by atoms with Gasteiger partial charge in [-0.25, -0.2) is 8.42 Å². The fourth-order valence-corrected chi connectivity index (χ4v) is 6.31. The molecule has 4 rings (SSSR count). The highest BCUT2D eigenvalue weighted by Crippen LogP contribution is 2.26. The Bertz CT molecular complexity index is 1660. The molecule has 0 saturated carbocycles. The van der Waals surface area contributed by atoms with Gasteiger partial charge in [-0.1, -0.05) is 90.0 Å². The van der Waals surface area contributed by atoms with Crippen LogP contribution in [0.2, 0.25) is 5.02 Å². The third-order valence-electron chi connectivity index (χ3n) is 6.97. The van der Waals surface area contributed by atoms with Crippen LogP contribution in [0.25, 0.3) is 0 Å². The number of amides is 2. The lowest BCUT2D eigenvalue weighted by Gasteiger charge is -2.35. The predicted octanol–water partition coefficient (Wildman–Crippen LogP) is 6.40. The molecule has 0 fully saturated rings. The van der Waals surface area contributed by atoms with Gasteiger partial charge in [0, 0.05) is 23.5 Å². The van der Waals surface area contributed by atoms with Gasteiger partial charge in [0.1, 0.15) is 12.6 Å². The van der Waals surface area contributed by atoms with Gasteiger partial charge in [-0.2, -0.15) is 0 Å². The van der Waals surface area contributed by atoms with Crippen LogP contribution in [0.5, 0.6) is 0 Å². The molecule has 230 valence electrons. The van der Waals surface area contributed by atoms with Crippen molar-refractivity contribution in [3.63, 3.8) is 0 Å². The molecule has 1 atom stereocenters. The number of hydrogen-bond donors (Lipinski definition) is 1. The molecule has 0 bridgehead atoms. The number of halogens is 1. The second-order valence-electron chi connectivity index (χ2n) is 11.8. The summed E-state index contributed by atoms with van der Waals surface area (Å²) >= 11 is 6.14. The molecule has 4 aromatic carbocycles. The molecular formula is C35H38ClN3O4S. The number of hydrogen-bond acceptors (Lipinski definition) is 4. The van der Waals surface area contributed by atoms with Crippen LogP contribution in [-0.2, 0) is 32.6 Å². The molecule has 7 nitrogen and oxygen atoms in total. The number of nitrogens with one attached hydrogen (secondary N) is 1. The molecule has 1 N–H and O–H groups in total. The highest BCUT2D eigenvalue weighted by molar-refractivity contribution is 7.92. The van der Waals surface area contributed by atoms with Crippen LogP contribution in [0, 0.1) is 6.92 Å². The second-order valence-corrected chi connectivity index (χ2v) is 14.1. The Morgan fingerprint density at radius 3 is 1.93 bits per heavy atom. The van der Waals surface area contributed by atoms with Gasteiger partial charge in [0.2, 0.25) is 11.8 Å². The lowest BCUT2D eigenvalue weighted by molar-refractivity contribution is -0.140. The van der Waals surface area contributed by atoms with Gasteiger partial charge in [0.15, 0.2) is 0 Å². The fourth-order valence-electron chi connectivity index (χ4n) is 4.75. The van der Waals surface area contributed by atoms with Crippen molar-refractivity contribution >= 4 is 39.1 Å². The topological polar surface area (TPSA) is 86.8 Å². The first-order chi connectivity index (χ1) is 20.8. The standard InChI is InChI=1S/C35H38ClN3O4S/c1-26-15-21-30(22-16-26)39(44(42,43)31-13-9-6-10-14-31)25-33(40)38(24-28-17-19-29(36)20-18-28)32(34(41)37-35(2,3)4)23-27-11-7-5-8-12-27/h5-22,32H,23-25H2,1-4H3,(H,37,41)/t32-/m1/s1. The van der Waals surface area contributed by atoms with Crippen LogP contribution >= 0.6 is 11.6 Å². The largest absolute Gasteiger partial charge is 0.350 e. The number of aryl methyl sites for hydroxylation is 1. The van der Waals surface area contributed by atoms with E-state index in [9.17, 15) is 18.0 Å². The Hall–Kier alpha value is -4.14. The van der Waals surface area contributed by atoms with E-state index in [-0.39, 0.29) is 23.8 Å².